The van der Waals surface area contributed by atoms with Crippen molar-refractivity contribution in [3.8, 4) is 0 Å². The molecule has 1 radical (unpaired) electrons. The standard InChI is InChI=1S/C15H11ClO2.3CH3.Sn/c16-13-8-6-11(7-9-13)10-14(15(17)18)12-4-2-1-3-5-12;;;;/h1-10H,(H,17,18);3*1H3;/b14-10+;;;;. The molecule has 1 N–H and O–H groups in total. The number of benzene rings is 2. The molecule has 0 aliphatic carbocycles. The summed E-state index contributed by atoms with van der Waals surface area (Å²) in [5.74, 6) is -0.948. The number of carboxylic acids is 1. The van der Waals surface area contributed by atoms with Crippen LogP contribution >= 0.6 is 11.6 Å². The minimum atomic E-state index is -0.948. The minimum absolute atomic E-state index is 0.262. The molecule has 0 amide bonds. The molecule has 0 aliphatic heterocycles. The monoisotopic (exact) mass is 423 g/mol. The molecule has 2 aromatic rings. The van der Waals surface area contributed by atoms with Crippen LogP contribution in [0.25, 0.3) is 11.6 Å². The summed E-state index contributed by atoms with van der Waals surface area (Å²) in [6.45, 7) is 0. The molecule has 0 fully saturated rings. The summed E-state index contributed by atoms with van der Waals surface area (Å²) in [6.07, 6.45) is 1.63. The third-order valence-electron chi connectivity index (χ3n) is 2.50. The molecule has 0 saturated carbocycles. The molecule has 2 nitrogen and oxygen atoms in total. The van der Waals surface area contributed by atoms with Gasteiger partial charge in [-0.15, -0.1) is 0 Å². The van der Waals surface area contributed by atoms with E-state index in [9.17, 15) is 9.90 Å². The number of rotatable bonds is 3. The van der Waals surface area contributed by atoms with Crippen LogP contribution in [-0.4, -0.2) is 30.8 Å². The second-order valence-electron chi connectivity index (χ2n) is 5.28. The van der Waals surface area contributed by atoms with E-state index in [-0.39, 0.29) is 5.57 Å². The number of aliphatic carboxylic acids is 1. The van der Waals surface area contributed by atoms with Crippen molar-refractivity contribution >= 4 is 49.0 Å². The van der Waals surface area contributed by atoms with Crippen LogP contribution in [0.1, 0.15) is 11.1 Å². The van der Waals surface area contributed by atoms with E-state index in [1.807, 2.05) is 18.2 Å². The summed E-state index contributed by atoms with van der Waals surface area (Å²) in [6, 6.07) is 16.1. The molecular formula is C18H20ClO2Sn. The predicted molar refractivity (Wildman–Crippen MR) is 96.7 cm³/mol. The quantitative estimate of drug-likeness (QED) is 0.412. The number of carboxylic acid groups (broad SMARTS) is 1. The van der Waals surface area contributed by atoms with Gasteiger partial charge in [-0.1, -0.05) is 54.1 Å². The Morgan fingerprint density at radius 2 is 1.50 bits per heavy atom. The van der Waals surface area contributed by atoms with Crippen molar-refractivity contribution in [2.75, 3.05) is 0 Å². The molecule has 0 heterocycles. The van der Waals surface area contributed by atoms with Crippen molar-refractivity contribution in [2.45, 2.75) is 14.8 Å². The van der Waals surface area contributed by atoms with E-state index in [0.717, 1.165) is 5.56 Å². The predicted octanol–water partition coefficient (Wildman–Crippen LogP) is 5.34. The van der Waals surface area contributed by atoms with E-state index in [2.05, 4.69) is 14.8 Å². The molecule has 4 heteroatoms. The van der Waals surface area contributed by atoms with Gasteiger partial charge in [0.15, 0.2) is 0 Å². The first kappa shape index (κ1) is 18.8. The molecule has 0 spiro atoms. The maximum absolute atomic E-state index is 11.3. The summed E-state index contributed by atoms with van der Waals surface area (Å²) in [7, 11) is 0. The summed E-state index contributed by atoms with van der Waals surface area (Å²) in [5.41, 5.74) is 1.75. The second-order valence-corrected chi connectivity index (χ2v) is 14.3. The van der Waals surface area contributed by atoms with Gasteiger partial charge in [0.2, 0.25) is 0 Å². The third-order valence-corrected chi connectivity index (χ3v) is 2.75. The van der Waals surface area contributed by atoms with E-state index < -0.39 is 25.7 Å². The first-order chi connectivity index (χ1) is 10.4. The van der Waals surface area contributed by atoms with Crippen LogP contribution in [0.5, 0.6) is 0 Å². The molecule has 115 valence electrons. The Kier molecular flexibility index (Phi) is 8.28. The summed E-state index contributed by atoms with van der Waals surface area (Å²) < 4.78 is 0. The van der Waals surface area contributed by atoms with Crippen LogP contribution in [-0.2, 0) is 4.79 Å². The fourth-order valence-corrected chi connectivity index (χ4v) is 1.74. The van der Waals surface area contributed by atoms with Crippen molar-refractivity contribution in [1.82, 2.24) is 0 Å². The average Bonchev–Trinajstić information content (AvgIpc) is 2.46. The number of carbonyl (C=O) groups is 1. The molecule has 0 saturated heterocycles. The molecule has 0 atom stereocenters. The van der Waals surface area contributed by atoms with Crippen LogP contribution in [0.4, 0.5) is 0 Å². The molecule has 0 unspecified atom stereocenters. The molecule has 0 bridgehead atoms. The zero-order valence-electron chi connectivity index (χ0n) is 13.0. The van der Waals surface area contributed by atoms with Crippen molar-refractivity contribution < 1.29 is 9.90 Å². The fourth-order valence-electron chi connectivity index (χ4n) is 1.61. The number of hydrogen-bond donors (Lipinski definition) is 1. The van der Waals surface area contributed by atoms with Crippen LogP contribution in [0.15, 0.2) is 54.6 Å². The van der Waals surface area contributed by atoms with Gasteiger partial charge in [0, 0.05) is 5.02 Å². The van der Waals surface area contributed by atoms with Gasteiger partial charge in [0.05, 0.1) is 5.57 Å². The zero-order valence-corrected chi connectivity index (χ0v) is 16.6. The first-order valence-corrected chi connectivity index (χ1v) is 15.9. The molecule has 2 aromatic carbocycles. The normalized spacial score (nSPS) is 10.9. The van der Waals surface area contributed by atoms with E-state index in [1.54, 1.807) is 42.5 Å². The number of hydrogen-bond acceptors (Lipinski definition) is 1. The Morgan fingerprint density at radius 1 is 1.00 bits per heavy atom. The van der Waals surface area contributed by atoms with Gasteiger partial charge in [-0.05, 0) is 29.3 Å². The van der Waals surface area contributed by atoms with E-state index >= 15 is 0 Å². The van der Waals surface area contributed by atoms with Crippen LogP contribution in [0.3, 0.4) is 0 Å². The fraction of sp³-hybridized carbons (Fsp3) is 0.167. The van der Waals surface area contributed by atoms with Gasteiger partial charge in [-0.25, -0.2) is 4.79 Å². The Balaban J connectivity index is 0.000000541. The Hall–Kier alpha value is -1.26. The summed E-state index contributed by atoms with van der Waals surface area (Å²) in [4.78, 5) is 18.4. The molecular weight excluding hydrogens is 402 g/mol. The van der Waals surface area contributed by atoms with Gasteiger partial charge in [0.1, 0.15) is 0 Å². The van der Waals surface area contributed by atoms with Gasteiger partial charge in [-0.2, -0.15) is 0 Å². The van der Waals surface area contributed by atoms with E-state index in [4.69, 9.17) is 11.6 Å². The SMILES string of the molecule is O=C(O)/C(=C/c1ccc(Cl)cc1)c1ccccc1.[CH3][Sn]([CH3])[CH3]. The van der Waals surface area contributed by atoms with E-state index in [0.29, 0.717) is 10.6 Å². The maximum atomic E-state index is 11.3. The Bertz CT molecular complexity index is 617. The molecule has 22 heavy (non-hydrogen) atoms. The van der Waals surface area contributed by atoms with Crippen LogP contribution in [0.2, 0.25) is 19.8 Å². The number of halogens is 1. The topological polar surface area (TPSA) is 37.3 Å². The first-order valence-electron chi connectivity index (χ1n) is 6.93. The summed E-state index contributed by atoms with van der Waals surface area (Å²) in [5, 5.41) is 9.88. The zero-order chi connectivity index (χ0) is 16.5. The van der Waals surface area contributed by atoms with Crippen molar-refractivity contribution in [3.05, 3.63) is 70.7 Å². The third kappa shape index (κ3) is 7.14. The van der Waals surface area contributed by atoms with Crippen LogP contribution in [0, 0.1) is 0 Å². The Labute approximate surface area is 144 Å². The molecule has 0 aliphatic rings. The van der Waals surface area contributed by atoms with Gasteiger partial charge >= 0.3 is 40.5 Å². The molecule has 0 aromatic heterocycles. The van der Waals surface area contributed by atoms with Crippen LogP contribution < -0.4 is 0 Å². The van der Waals surface area contributed by atoms with Crippen molar-refractivity contribution in [3.63, 3.8) is 0 Å². The summed E-state index contributed by atoms with van der Waals surface area (Å²) >= 11 is 5.25. The molecule has 2 rings (SSSR count). The van der Waals surface area contributed by atoms with Gasteiger partial charge in [0.25, 0.3) is 0 Å². The average molecular weight is 423 g/mol. The van der Waals surface area contributed by atoms with Gasteiger partial charge in [-0.3, -0.25) is 0 Å². The van der Waals surface area contributed by atoms with Crippen molar-refractivity contribution in [1.29, 1.82) is 0 Å². The van der Waals surface area contributed by atoms with Crippen molar-refractivity contribution in [2.24, 2.45) is 0 Å². The second kappa shape index (κ2) is 9.69. The van der Waals surface area contributed by atoms with E-state index in [1.165, 1.54) is 0 Å². The Morgan fingerprint density at radius 3 is 1.95 bits per heavy atom. The van der Waals surface area contributed by atoms with Gasteiger partial charge < -0.3 is 5.11 Å².